The third-order valence-electron chi connectivity index (χ3n) is 4.61. The second-order valence-electron chi connectivity index (χ2n) is 7.64. The third-order valence-corrected chi connectivity index (χ3v) is 7.14. The van der Waals surface area contributed by atoms with Gasteiger partial charge in [0, 0.05) is 4.90 Å². The molecule has 0 aliphatic heterocycles. The van der Waals surface area contributed by atoms with Gasteiger partial charge in [0.25, 0.3) is 0 Å². The van der Waals surface area contributed by atoms with Gasteiger partial charge in [-0.1, -0.05) is 68.4 Å². The Hall–Kier alpha value is -2.17. The largest absolute Gasteiger partial charge is 0.384 e. The Morgan fingerprint density at radius 3 is 2.26 bits per heavy atom. The van der Waals surface area contributed by atoms with Gasteiger partial charge in [-0.2, -0.15) is 0 Å². The molecule has 3 aromatic rings. The van der Waals surface area contributed by atoms with Gasteiger partial charge in [0.2, 0.25) is 0 Å². The van der Waals surface area contributed by atoms with E-state index in [2.05, 4.69) is 18.2 Å². The van der Waals surface area contributed by atoms with Crippen LogP contribution in [-0.4, -0.2) is 21.6 Å². The van der Waals surface area contributed by atoms with Crippen LogP contribution in [0.4, 0.5) is 0 Å². The van der Waals surface area contributed by atoms with E-state index in [9.17, 15) is 9.32 Å². The van der Waals surface area contributed by atoms with Crippen LogP contribution in [0.2, 0.25) is 0 Å². The van der Waals surface area contributed by atoms with E-state index in [-0.39, 0.29) is 5.75 Å². The van der Waals surface area contributed by atoms with Gasteiger partial charge >= 0.3 is 0 Å². The molecule has 0 amide bonds. The average Bonchev–Trinajstić information content (AvgIpc) is 2.66. The molecular formula is C23H27NO2S. The van der Waals surface area contributed by atoms with Crippen molar-refractivity contribution >= 4 is 20.5 Å². The van der Waals surface area contributed by atoms with E-state index in [4.69, 9.17) is 0 Å². The Morgan fingerprint density at radius 2 is 1.59 bits per heavy atom. The highest BCUT2D eigenvalue weighted by atomic mass is 32.2. The van der Waals surface area contributed by atoms with E-state index in [1.54, 1.807) is 6.92 Å². The van der Waals surface area contributed by atoms with Crippen molar-refractivity contribution in [1.82, 2.24) is 0 Å². The molecule has 0 aromatic heterocycles. The maximum absolute atomic E-state index is 13.8. The van der Waals surface area contributed by atoms with Crippen LogP contribution in [0.1, 0.15) is 26.3 Å². The molecule has 3 nitrogen and oxygen atoms in total. The summed E-state index contributed by atoms with van der Waals surface area (Å²) in [7, 11) is -2.75. The van der Waals surface area contributed by atoms with Gasteiger partial charge in [-0.15, -0.1) is 0 Å². The van der Waals surface area contributed by atoms with Crippen LogP contribution in [0, 0.1) is 5.92 Å². The first-order chi connectivity index (χ1) is 12.8. The Kier molecular flexibility index (Phi) is 5.68. The zero-order valence-electron chi connectivity index (χ0n) is 16.1. The van der Waals surface area contributed by atoms with Gasteiger partial charge in [0.15, 0.2) is 0 Å². The number of rotatable bonds is 6. The molecule has 0 aliphatic rings. The van der Waals surface area contributed by atoms with E-state index >= 15 is 0 Å². The van der Waals surface area contributed by atoms with E-state index in [0.717, 1.165) is 16.3 Å². The van der Waals surface area contributed by atoms with Crippen molar-refractivity contribution in [1.29, 1.82) is 0 Å². The van der Waals surface area contributed by atoms with Gasteiger partial charge in [0.05, 0.1) is 27.6 Å². The SMILES string of the molecule is CC(C)CN=[S@](=O)(CC(C)(O)c1ccc2ccccc2c1)c1ccccc1. The molecule has 0 spiro atoms. The molecule has 0 aliphatic carbocycles. The third kappa shape index (κ3) is 4.57. The van der Waals surface area contributed by atoms with Crippen molar-refractivity contribution in [2.75, 3.05) is 12.3 Å². The van der Waals surface area contributed by atoms with Crippen molar-refractivity contribution in [3.8, 4) is 0 Å². The van der Waals surface area contributed by atoms with Gasteiger partial charge in [-0.05, 0) is 47.4 Å². The number of nitrogens with zero attached hydrogens (tertiary/aromatic N) is 1. The summed E-state index contributed by atoms with van der Waals surface area (Å²) in [5, 5.41) is 13.4. The molecule has 4 heteroatoms. The highest BCUT2D eigenvalue weighted by molar-refractivity contribution is 7.93. The van der Waals surface area contributed by atoms with E-state index in [1.165, 1.54) is 0 Å². The van der Waals surface area contributed by atoms with Crippen LogP contribution in [-0.2, 0) is 15.3 Å². The minimum absolute atomic E-state index is 0.0646. The normalized spacial score (nSPS) is 16.0. The Morgan fingerprint density at radius 1 is 0.963 bits per heavy atom. The standard InChI is InChI=1S/C23H27NO2S/c1-18(2)16-24-27(26,22-11-5-4-6-12-22)17-23(3,25)21-14-13-19-9-7-8-10-20(19)15-21/h4-15,18,25H,16-17H2,1-3H3/t23?,27-/m0/s1. The molecule has 1 unspecified atom stereocenters. The highest BCUT2D eigenvalue weighted by Gasteiger charge is 2.30. The van der Waals surface area contributed by atoms with Gasteiger partial charge in [-0.25, -0.2) is 8.57 Å². The molecule has 0 saturated heterocycles. The van der Waals surface area contributed by atoms with Gasteiger partial charge in [-0.3, -0.25) is 0 Å². The number of hydrogen-bond donors (Lipinski definition) is 1. The lowest BCUT2D eigenvalue weighted by atomic mass is 9.95. The fourth-order valence-corrected chi connectivity index (χ4v) is 5.55. The summed E-state index contributed by atoms with van der Waals surface area (Å²) in [6.45, 7) is 6.33. The Bertz CT molecular complexity index is 1030. The number of aliphatic hydroxyl groups is 1. The summed E-state index contributed by atoms with van der Waals surface area (Å²) in [6.07, 6.45) is 0. The molecule has 142 valence electrons. The first-order valence-electron chi connectivity index (χ1n) is 9.27. The van der Waals surface area contributed by atoms with Crippen LogP contribution in [0.25, 0.3) is 10.8 Å². The van der Waals surface area contributed by atoms with Crippen molar-refractivity contribution < 1.29 is 9.32 Å². The smallest absolute Gasteiger partial charge is 0.0995 e. The maximum atomic E-state index is 13.8. The molecule has 3 rings (SSSR count). The molecule has 1 N–H and O–H groups in total. The van der Waals surface area contributed by atoms with Crippen LogP contribution in [0.3, 0.4) is 0 Å². The molecule has 2 atom stereocenters. The molecule has 27 heavy (non-hydrogen) atoms. The van der Waals surface area contributed by atoms with E-state index in [1.807, 2.05) is 72.8 Å². The minimum Gasteiger partial charge on any atom is -0.384 e. The maximum Gasteiger partial charge on any atom is 0.0995 e. The first kappa shape index (κ1) is 19.6. The number of fused-ring (bicyclic) bond motifs is 1. The van der Waals surface area contributed by atoms with Gasteiger partial charge in [0.1, 0.15) is 0 Å². The second-order valence-corrected chi connectivity index (χ2v) is 9.94. The molecule has 0 saturated carbocycles. The summed E-state index contributed by atoms with van der Waals surface area (Å²) in [6, 6.07) is 23.2. The quantitative estimate of drug-likeness (QED) is 0.635. The van der Waals surface area contributed by atoms with Crippen LogP contribution < -0.4 is 0 Å². The summed E-state index contributed by atoms with van der Waals surface area (Å²) >= 11 is 0. The first-order valence-corrected chi connectivity index (χ1v) is 11.0. The summed E-state index contributed by atoms with van der Waals surface area (Å²) in [5.74, 6) is 0.370. The molecule has 0 radical (unpaired) electrons. The minimum atomic E-state index is -2.75. The van der Waals surface area contributed by atoms with Crippen molar-refractivity contribution in [3.63, 3.8) is 0 Å². The second kappa shape index (κ2) is 7.83. The lowest BCUT2D eigenvalue weighted by Crippen LogP contribution is -2.31. The predicted molar refractivity (Wildman–Crippen MR) is 113 cm³/mol. The average molecular weight is 382 g/mol. The summed E-state index contributed by atoms with van der Waals surface area (Å²) < 4.78 is 18.4. The molecule has 0 heterocycles. The summed E-state index contributed by atoms with van der Waals surface area (Å²) in [4.78, 5) is 0.673. The Balaban J connectivity index is 2.03. The molecule has 3 aromatic carbocycles. The van der Waals surface area contributed by atoms with E-state index in [0.29, 0.717) is 17.4 Å². The lowest BCUT2D eigenvalue weighted by Gasteiger charge is -2.26. The van der Waals surface area contributed by atoms with Crippen LogP contribution >= 0.6 is 0 Å². The monoisotopic (exact) mass is 381 g/mol. The van der Waals surface area contributed by atoms with Crippen molar-refractivity contribution in [3.05, 3.63) is 78.4 Å². The molecular weight excluding hydrogens is 354 g/mol. The number of benzene rings is 3. The predicted octanol–water partition coefficient (Wildman–Crippen LogP) is 5.23. The van der Waals surface area contributed by atoms with Crippen molar-refractivity contribution in [2.45, 2.75) is 31.3 Å². The lowest BCUT2D eigenvalue weighted by molar-refractivity contribution is 0.0827. The highest BCUT2D eigenvalue weighted by Crippen LogP contribution is 2.29. The van der Waals surface area contributed by atoms with Gasteiger partial charge < -0.3 is 5.11 Å². The molecule has 0 fully saturated rings. The zero-order chi connectivity index (χ0) is 19.5. The zero-order valence-corrected chi connectivity index (χ0v) is 16.9. The van der Waals surface area contributed by atoms with E-state index < -0.39 is 15.3 Å². The van der Waals surface area contributed by atoms with Crippen molar-refractivity contribution in [2.24, 2.45) is 10.3 Å². The Labute approximate surface area is 162 Å². The summed E-state index contributed by atoms with van der Waals surface area (Å²) in [5.41, 5.74) is -0.498. The number of hydrogen-bond acceptors (Lipinski definition) is 3. The fourth-order valence-electron chi connectivity index (χ4n) is 3.09. The fraction of sp³-hybridized carbons (Fsp3) is 0.304. The van der Waals surface area contributed by atoms with Crippen LogP contribution in [0.5, 0.6) is 0 Å². The topological polar surface area (TPSA) is 49.7 Å². The van der Waals surface area contributed by atoms with Crippen LogP contribution in [0.15, 0.2) is 82.1 Å². The molecule has 0 bridgehead atoms.